The second-order valence-corrected chi connectivity index (χ2v) is 0.846. The summed E-state index contributed by atoms with van der Waals surface area (Å²) < 4.78 is 0. The molecule has 0 saturated heterocycles. The fourth-order valence-corrected chi connectivity index (χ4v) is 0. The summed E-state index contributed by atoms with van der Waals surface area (Å²) in [4.78, 5) is 9.18. The van der Waals surface area contributed by atoms with Crippen LogP contribution in [0.2, 0.25) is 0 Å². The summed E-state index contributed by atoms with van der Waals surface area (Å²) in [5.74, 6) is -1.33. The van der Waals surface area contributed by atoms with Crippen LogP contribution in [-0.2, 0) is 4.79 Å². The van der Waals surface area contributed by atoms with Crippen molar-refractivity contribution in [3.05, 3.63) is 0 Å². The standard InChI is InChI=1S/C2H4O2S.Gd.H3N/c3-2(4)1-5;;/h5H,1H2,(H,3,4);;1H3. The molecule has 0 fully saturated rings. The number of hydrogen-bond donors (Lipinski definition) is 2. The van der Waals surface area contributed by atoms with Crippen molar-refractivity contribution in [2.24, 2.45) is 0 Å². The fourth-order valence-electron chi connectivity index (χ4n) is 0. The van der Waals surface area contributed by atoms with E-state index in [1.165, 1.54) is 0 Å². The van der Waals surface area contributed by atoms with E-state index in [9.17, 15) is 9.90 Å². The second kappa shape index (κ2) is 10.2. The van der Waals surface area contributed by atoms with Gasteiger partial charge in [-0.25, -0.2) is 0 Å². The monoisotopic (exact) mass is 267 g/mol. The maximum atomic E-state index is 9.18. The third-order valence-electron chi connectivity index (χ3n) is 0.129. The molecule has 4 N–H and O–H groups in total. The van der Waals surface area contributed by atoms with Gasteiger partial charge in [-0.1, -0.05) is 0 Å². The van der Waals surface area contributed by atoms with Gasteiger partial charge in [-0.15, -0.1) is 0 Å². The van der Waals surface area contributed by atoms with Gasteiger partial charge in [-0.2, -0.15) is 12.6 Å². The van der Waals surface area contributed by atoms with Gasteiger partial charge < -0.3 is 16.1 Å². The second-order valence-electron chi connectivity index (χ2n) is 0.530. The third kappa shape index (κ3) is 19.2. The molecule has 0 heterocycles. The number of carboxylic acids is 1. The number of hydrogen-bond acceptors (Lipinski definition) is 3. The van der Waals surface area contributed by atoms with E-state index in [1.54, 1.807) is 0 Å². The van der Waals surface area contributed by atoms with Crippen molar-refractivity contribution in [2.45, 2.75) is 0 Å². The molecule has 0 saturated carbocycles. The largest absolute Gasteiger partial charge is 0.549 e. The van der Waals surface area contributed by atoms with Gasteiger partial charge >= 0.3 is 0 Å². The quantitative estimate of drug-likeness (QED) is 0.600. The molecule has 0 radical (unpaired) electrons. The molecule has 0 spiro atoms. The van der Waals surface area contributed by atoms with Gasteiger partial charge in [0.1, 0.15) is 0 Å². The Hall–Kier alpha value is 1.10. The molecule has 5 heteroatoms. The third-order valence-corrected chi connectivity index (χ3v) is 0.387. The van der Waals surface area contributed by atoms with Gasteiger partial charge in [0, 0.05) is 45.7 Å². The molecule has 0 bridgehead atoms. The molecular weight excluding hydrogens is 259 g/mol. The van der Waals surface area contributed by atoms with Crippen LogP contribution in [-0.4, -0.2) is 11.7 Å². The van der Waals surface area contributed by atoms with Crippen molar-refractivity contribution in [1.82, 2.24) is 6.15 Å². The van der Waals surface area contributed by atoms with Crippen LogP contribution in [0.5, 0.6) is 0 Å². The van der Waals surface area contributed by atoms with Gasteiger partial charge in [-0.3, -0.25) is 0 Å². The predicted octanol–water partition coefficient (Wildman–Crippen LogP) is -0.958. The van der Waals surface area contributed by atoms with Crippen LogP contribution in [0.3, 0.4) is 0 Å². The van der Waals surface area contributed by atoms with Crippen molar-refractivity contribution in [1.29, 1.82) is 0 Å². The Labute approximate surface area is 79.5 Å². The molecule has 0 aliphatic carbocycles. The first-order valence-electron chi connectivity index (χ1n) is 1.08. The molecule has 46 valence electrons. The SMILES string of the molecule is O=C([O-])CS.[Gd].[NH4+]. The minimum absolute atomic E-state index is 0. The smallest absolute Gasteiger partial charge is 0.0510 e. The zero-order chi connectivity index (χ0) is 4.28. The van der Waals surface area contributed by atoms with E-state index in [1.807, 2.05) is 0 Å². The number of carbonyl (C=O) groups is 1. The van der Waals surface area contributed by atoms with Crippen molar-refractivity contribution < 1.29 is 49.8 Å². The van der Waals surface area contributed by atoms with Crippen LogP contribution in [0, 0.1) is 39.9 Å². The van der Waals surface area contributed by atoms with Crippen LogP contribution < -0.4 is 11.3 Å². The first-order valence-corrected chi connectivity index (χ1v) is 1.71. The Kier molecular flexibility index (Phi) is 22.8. The predicted molar refractivity (Wildman–Crippen MR) is 24.8 cm³/mol. The van der Waals surface area contributed by atoms with Gasteiger partial charge in [0.15, 0.2) is 0 Å². The van der Waals surface area contributed by atoms with Crippen molar-refractivity contribution >= 4 is 18.6 Å². The van der Waals surface area contributed by atoms with Crippen molar-refractivity contribution in [3.63, 3.8) is 0 Å². The number of aliphatic carboxylic acids is 1. The molecule has 0 aromatic carbocycles. The van der Waals surface area contributed by atoms with E-state index in [0.29, 0.717) is 0 Å². The van der Waals surface area contributed by atoms with E-state index in [-0.39, 0.29) is 51.8 Å². The maximum absolute atomic E-state index is 9.18. The number of quaternary nitrogens is 1. The average molecular weight is 266 g/mol. The maximum Gasteiger partial charge on any atom is 0.0510 e. The summed E-state index contributed by atoms with van der Waals surface area (Å²) in [5, 5.41) is 9.18. The molecule has 0 rings (SSSR count). The molecule has 7 heavy (non-hydrogen) atoms. The van der Waals surface area contributed by atoms with E-state index in [2.05, 4.69) is 12.6 Å². The Morgan fingerprint density at radius 1 is 1.71 bits per heavy atom. The van der Waals surface area contributed by atoms with Crippen LogP contribution >= 0.6 is 12.6 Å². The topological polar surface area (TPSA) is 76.6 Å². The van der Waals surface area contributed by atoms with E-state index >= 15 is 0 Å². The molecule has 0 unspecified atom stereocenters. The summed E-state index contributed by atoms with van der Waals surface area (Å²) in [5.41, 5.74) is 0. The molecular formula is C2H7GdNO2S. The van der Waals surface area contributed by atoms with Crippen LogP contribution in [0.1, 0.15) is 0 Å². The van der Waals surface area contributed by atoms with Crippen LogP contribution in [0.4, 0.5) is 0 Å². The van der Waals surface area contributed by atoms with Crippen molar-refractivity contribution in [2.75, 3.05) is 5.75 Å². The Balaban J connectivity index is -0.0000000800. The van der Waals surface area contributed by atoms with E-state index in [0.717, 1.165) is 0 Å². The zero-order valence-corrected chi connectivity index (χ0v) is 6.99. The van der Waals surface area contributed by atoms with Gasteiger partial charge in [0.25, 0.3) is 0 Å². The molecule has 0 aliphatic rings. The van der Waals surface area contributed by atoms with Crippen molar-refractivity contribution in [3.8, 4) is 0 Å². The first kappa shape index (κ1) is 15.7. The minimum atomic E-state index is -1.13. The molecule has 3 nitrogen and oxygen atoms in total. The van der Waals surface area contributed by atoms with Crippen LogP contribution in [0.15, 0.2) is 0 Å². The minimum Gasteiger partial charge on any atom is -0.549 e. The molecule has 0 aliphatic heterocycles. The van der Waals surface area contributed by atoms with Gasteiger partial charge in [0.2, 0.25) is 0 Å². The van der Waals surface area contributed by atoms with Gasteiger partial charge in [-0.05, 0) is 0 Å². The summed E-state index contributed by atoms with van der Waals surface area (Å²) in [6, 6.07) is 0. The molecule has 0 amide bonds. The molecule has 0 aromatic heterocycles. The zero-order valence-electron chi connectivity index (χ0n) is 3.82. The van der Waals surface area contributed by atoms with E-state index < -0.39 is 5.97 Å². The van der Waals surface area contributed by atoms with Crippen LogP contribution in [0.25, 0.3) is 0 Å². The number of carbonyl (C=O) groups excluding carboxylic acids is 1. The Morgan fingerprint density at radius 3 is 1.86 bits per heavy atom. The average Bonchev–Trinajstić information content (AvgIpc) is 1.38. The summed E-state index contributed by atoms with van der Waals surface area (Å²) in [6.45, 7) is 0. The number of thiol groups is 1. The Morgan fingerprint density at radius 2 is 1.86 bits per heavy atom. The normalized spacial score (nSPS) is 5.29. The Bertz CT molecular complexity index is 51.0. The molecule has 0 aromatic rings. The first-order chi connectivity index (χ1) is 2.27. The summed E-state index contributed by atoms with van der Waals surface area (Å²) in [7, 11) is 0. The number of rotatable bonds is 1. The van der Waals surface area contributed by atoms with Gasteiger partial charge in [0.05, 0.1) is 5.97 Å². The molecule has 0 atom stereocenters. The number of carboxylic acid groups (broad SMARTS) is 1. The fraction of sp³-hybridized carbons (Fsp3) is 0.500. The van der Waals surface area contributed by atoms with E-state index in [4.69, 9.17) is 0 Å². The summed E-state index contributed by atoms with van der Waals surface area (Å²) >= 11 is 3.35. The summed E-state index contributed by atoms with van der Waals surface area (Å²) in [6.07, 6.45) is 0.